The smallest absolute Gasteiger partial charge is 0.113 e. The van der Waals surface area contributed by atoms with E-state index < -0.39 is 0 Å². The van der Waals surface area contributed by atoms with E-state index in [2.05, 4.69) is 15.6 Å². The topological polar surface area (TPSA) is 52.0 Å². The summed E-state index contributed by atoms with van der Waals surface area (Å²) in [4.78, 5) is 0. The van der Waals surface area contributed by atoms with Gasteiger partial charge in [-0.15, -0.1) is 5.10 Å². The minimum absolute atomic E-state index is 0.169. The normalized spacial score (nSPS) is 13.1. The van der Waals surface area contributed by atoms with Crippen LogP contribution in [0.2, 0.25) is 0 Å². The van der Waals surface area contributed by atoms with Gasteiger partial charge in [0.25, 0.3) is 0 Å². The van der Waals surface area contributed by atoms with Crippen LogP contribution in [0.3, 0.4) is 0 Å². The maximum Gasteiger partial charge on any atom is 0.113 e. The molecule has 2 aromatic rings. The molecule has 0 radical (unpaired) electrons. The number of hydrogen-bond acceptors (Lipinski definition) is 4. The molecule has 1 aromatic carbocycles. The lowest BCUT2D eigenvalue weighted by Crippen LogP contribution is -2.26. The standard InChI is InChI=1S/C11H16N4O/c1-12-7-9(8-16-2)15-11-6-4-3-5-10(11)13-14-15/h3-6,9,12H,7-8H2,1-2H3. The molecule has 0 aliphatic heterocycles. The van der Waals surface area contributed by atoms with Crippen molar-refractivity contribution in [1.29, 1.82) is 0 Å². The number of nitrogens with zero attached hydrogens (tertiary/aromatic N) is 3. The predicted molar refractivity (Wildman–Crippen MR) is 62.4 cm³/mol. The van der Waals surface area contributed by atoms with Crippen LogP contribution >= 0.6 is 0 Å². The SMILES string of the molecule is CNCC(COC)n1nnc2ccccc21. The number of fused-ring (bicyclic) bond motifs is 1. The van der Waals surface area contributed by atoms with Crippen LogP contribution in [0.5, 0.6) is 0 Å². The Balaban J connectivity index is 2.36. The van der Waals surface area contributed by atoms with Gasteiger partial charge < -0.3 is 10.1 Å². The highest BCUT2D eigenvalue weighted by Crippen LogP contribution is 2.15. The molecular weight excluding hydrogens is 204 g/mol. The van der Waals surface area contributed by atoms with Crippen molar-refractivity contribution in [2.45, 2.75) is 6.04 Å². The predicted octanol–water partition coefficient (Wildman–Crippen LogP) is 0.838. The van der Waals surface area contributed by atoms with E-state index in [1.165, 1.54) is 0 Å². The van der Waals surface area contributed by atoms with Gasteiger partial charge in [0.1, 0.15) is 5.52 Å². The molecule has 0 amide bonds. The second-order valence-electron chi connectivity index (χ2n) is 3.69. The fourth-order valence-electron chi connectivity index (χ4n) is 1.80. The van der Waals surface area contributed by atoms with E-state index in [1.807, 2.05) is 36.0 Å². The zero-order chi connectivity index (χ0) is 11.4. The molecule has 1 atom stereocenters. The minimum atomic E-state index is 0.169. The summed E-state index contributed by atoms with van der Waals surface area (Å²) in [7, 11) is 3.61. The van der Waals surface area contributed by atoms with Crippen LogP contribution in [0.4, 0.5) is 0 Å². The summed E-state index contributed by atoms with van der Waals surface area (Å²) in [5.74, 6) is 0. The Bertz CT molecular complexity index is 448. The van der Waals surface area contributed by atoms with Gasteiger partial charge in [-0.1, -0.05) is 17.3 Å². The van der Waals surface area contributed by atoms with E-state index in [9.17, 15) is 0 Å². The van der Waals surface area contributed by atoms with Crippen LogP contribution in [0.1, 0.15) is 6.04 Å². The number of para-hydroxylation sites is 1. The quantitative estimate of drug-likeness (QED) is 0.811. The summed E-state index contributed by atoms with van der Waals surface area (Å²) in [5, 5.41) is 11.5. The second-order valence-corrected chi connectivity index (χ2v) is 3.69. The number of ether oxygens (including phenoxy) is 1. The molecule has 0 aliphatic rings. The van der Waals surface area contributed by atoms with Crippen LogP contribution < -0.4 is 5.32 Å². The maximum atomic E-state index is 5.20. The van der Waals surface area contributed by atoms with E-state index in [1.54, 1.807) is 7.11 Å². The van der Waals surface area contributed by atoms with Crippen molar-refractivity contribution in [2.75, 3.05) is 27.3 Å². The van der Waals surface area contributed by atoms with E-state index in [0.717, 1.165) is 17.6 Å². The fraction of sp³-hybridized carbons (Fsp3) is 0.455. The number of aromatic nitrogens is 3. The third-order valence-electron chi connectivity index (χ3n) is 2.52. The Morgan fingerprint density at radius 1 is 1.44 bits per heavy atom. The monoisotopic (exact) mass is 220 g/mol. The highest BCUT2D eigenvalue weighted by Gasteiger charge is 2.14. The molecule has 1 N–H and O–H groups in total. The van der Waals surface area contributed by atoms with Crippen LogP contribution in [-0.4, -0.2) is 42.3 Å². The lowest BCUT2D eigenvalue weighted by Gasteiger charge is -2.16. The lowest BCUT2D eigenvalue weighted by atomic mass is 10.2. The van der Waals surface area contributed by atoms with Gasteiger partial charge in [0.05, 0.1) is 18.2 Å². The van der Waals surface area contributed by atoms with Crippen molar-refractivity contribution in [3.05, 3.63) is 24.3 Å². The van der Waals surface area contributed by atoms with Crippen LogP contribution in [-0.2, 0) is 4.74 Å². The average Bonchev–Trinajstić information content (AvgIpc) is 2.72. The van der Waals surface area contributed by atoms with E-state index in [4.69, 9.17) is 4.74 Å². The molecule has 86 valence electrons. The number of hydrogen-bond donors (Lipinski definition) is 1. The molecule has 0 saturated heterocycles. The minimum Gasteiger partial charge on any atom is -0.382 e. The fourth-order valence-corrected chi connectivity index (χ4v) is 1.80. The van der Waals surface area contributed by atoms with Gasteiger partial charge in [0, 0.05) is 13.7 Å². The number of nitrogens with one attached hydrogen (secondary N) is 1. The van der Waals surface area contributed by atoms with E-state index >= 15 is 0 Å². The number of benzene rings is 1. The van der Waals surface area contributed by atoms with Gasteiger partial charge >= 0.3 is 0 Å². The van der Waals surface area contributed by atoms with Crippen LogP contribution in [0.25, 0.3) is 11.0 Å². The highest BCUT2D eigenvalue weighted by atomic mass is 16.5. The van der Waals surface area contributed by atoms with Crippen LogP contribution in [0, 0.1) is 0 Å². The zero-order valence-electron chi connectivity index (χ0n) is 9.55. The van der Waals surface area contributed by atoms with Gasteiger partial charge in [0.15, 0.2) is 0 Å². The van der Waals surface area contributed by atoms with Gasteiger partial charge in [-0.2, -0.15) is 0 Å². The molecule has 16 heavy (non-hydrogen) atoms. The third-order valence-corrected chi connectivity index (χ3v) is 2.52. The molecule has 0 bridgehead atoms. The summed E-state index contributed by atoms with van der Waals surface area (Å²) in [5.41, 5.74) is 1.96. The summed E-state index contributed by atoms with van der Waals surface area (Å²) in [6.45, 7) is 1.43. The van der Waals surface area contributed by atoms with Gasteiger partial charge in [0.2, 0.25) is 0 Å². The van der Waals surface area contributed by atoms with Gasteiger partial charge in [-0.05, 0) is 19.2 Å². The Kier molecular flexibility index (Phi) is 3.48. The number of likely N-dealkylation sites (N-methyl/N-ethyl adjacent to an activating group) is 1. The van der Waals surface area contributed by atoms with E-state index in [0.29, 0.717) is 6.61 Å². The first-order chi connectivity index (χ1) is 7.86. The number of rotatable bonds is 5. The average molecular weight is 220 g/mol. The molecule has 5 nitrogen and oxygen atoms in total. The van der Waals surface area contributed by atoms with Crippen molar-refractivity contribution in [1.82, 2.24) is 20.3 Å². The molecule has 0 fully saturated rings. The second kappa shape index (κ2) is 5.05. The first kappa shape index (κ1) is 11.0. The summed E-state index contributed by atoms with van der Waals surface area (Å²) in [6, 6.07) is 8.11. The van der Waals surface area contributed by atoms with E-state index in [-0.39, 0.29) is 6.04 Å². The lowest BCUT2D eigenvalue weighted by molar-refractivity contribution is 0.150. The molecule has 5 heteroatoms. The molecule has 1 unspecified atom stereocenters. The van der Waals surface area contributed by atoms with Crippen molar-refractivity contribution < 1.29 is 4.74 Å². The Morgan fingerprint density at radius 2 is 2.25 bits per heavy atom. The maximum absolute atomic E-state index is 5.20. The Morgan fingerprint density at radius 3 is 3.00 bits per heavy atom. The molecule has 0 spiro atoms. The third kappa shape index (κ3) is 2.05. The van der Waals surface area contributed by atoms with Gasteiger partial charge in [-0.25, -0.2) is 4.68 Å². The van der Waals surface area contributed by atoms with Crippen molar-refractivity contribution in [3.8, 4) is 0 Å². The largest absolute Gasteiger partial charge is 0.382 e. The number of methoxy groups -OCH3 is 1. The zero-order valence-corrected chi connectivity index (χ0v) is 9.55. The van der Waals surface area contributed by atoms with Gasteiger partial charge in [-0.3, -0.25) is 0 Å². The first-order valence-corrected chi connectivity index (χ1v) is 5.30. The molecule has 0 aliphatic carbocycles. The summed E-state index contributed by atoms with van der Waals surface area (Å²) in [6.07, 6.45) is 0. The first-order valence-electron chi connectivity index (χ1n) is 5.30. The molecule has 0 saturated carbocycles. The van der Waals surface area contributed by atoms with Crippen molar-refractivity contribution in [3.63, 3.8) is 0 Å². The Hall–Kier alpha value is -1.46. The molecule has 1 aromatic heterocycles. The molecule has 1 heterocycles. The highest BCUT2D eigenvalue weighted by molar-refractivity contribution is 5.73. The molecule has 2 rings (SSSR count). The van der Waals surface area contributed by atoms with Crippen molar-refractivity contribution >= 4 is 11.0 Å². The Labute approximate surface area is 94.4 Å². The molecular formula is C11H16N4O. The summed E-state index contributed by atoms with van der Waals surface area (Å²) < 4.78 is 7.11. The van der Waals surface area contributed by atoms with Crippen LogP contribution in [0.15, 0.2) is 24.3 Å². The van der Waals surface area contributed by atoms with Crippen molar-refractivity contribution in [2.24, 2.45) is 0 Å². The summed E-state index contributed by atoms with van der Waals surface area (Å²) >= 11 is 0.